The first kappa shape index (κ1) is 18.1. The molecule has 132 valence electrons. The summed E-state index contributed by atoms with van der Waals surface area (Å²) >= 11 is 11.9. The van der Waals surface area contributed by atoms with E-state index in [0.29, 0.717) is 22.2 Å². The molecule has 0 aliphatic rings. The largest absolute Gasteiger partial charge is 0.482 e. The molecule has 0 fully saturated rings. The van der Waals surface area contributed by atoms with E-state index in [-0.39, 0.29) is 17.5 Å². The summed E-state index contributed by atoms with van der Waals surface area (Å²) in [7, 11) is 0. The highest BCUT2D eigenvalue weighted by Crippen LogP contribution is 2.31. The van der Waals surface area contributed by atoms with Gasteiger partial charge in [0.05, 0.1) is 5.02 Å². The van der Waals surface area contributed by atoms with Gasteiger partial charge >= 0.3 is 0 Å². The van der Waals surface area contributed by atoms with Crippen molar-refractivity contribution in [2.75, 3.05) is 11.9 Å². The molecule has 0 spiro atoms. The third kappa shape index (κ3) is 4.91. The lowest BCUT2D eigenvalue weighted by molar-refractivity contribution is -0.118. The molecule has 0 radical (unpaired) electrons. The van der Waals surface area contributed by atoms with Gasteiger partial charge in [-0.15, -0.1) is 0 Å². The number of para-hydroxylation sites is 1. The van der Waals surface area contributed by atoms with Crippen LogP contribution in [-0.2, 0) is 4.79 Å². The lowest BCUT2D eigenvalue weighted by atomic mass is 10.3. The zero-order valence-electron chi connectivity index (χ0n) is 13.6. The molecule has 1 amide bonds. The van der Waals surface area contributed by atoms with Crippen LogP contribution in [0.25, 0.3) is 0 Å². The number of carbonyl (C=O) groups is 1. The highest BCUT2D eigenvalue weighted by Gasteiger charge is 2.09. The van der Waals surface area contributed by atoms with Gasteiger partial charge in [0.2, 0.25) is 0 Å². The predicted molar refractivity (Wildman–Crippen MR) is 104 cm³/mol. The minimum atomic E-state index is -0.308. The maximum absolute atomic E-state index is 12.0. The summed E-state index contributed by atoms with van der Waals surface area (Å²) in [5.41, 5.74) is 0.635. The summed E-state index contributed by atoms with van der Waals surface area (Å²) in [5.74, 6) is 1.48. The van der Waals surface area contributed by atoms with Crippen LogP contribution >= 0.6 is 23.2 Å². The first-order chi connectivity index (χ1) is 12.6. The summed E-state index contributed by atoms with van der Waals surface area (Å²) in [6, 6.07) is 21.5. The zero-order valence-corrected chi connectivity index (χ0v) is 15.1. The molecule has 0 aromatic heterocycles. The topological polar surface area (TPSA) is 47.6 Å². The summed E-state index contributed by atoms with van der Waals surface area (Å²) in [6.45, 7) is -0.178. The Kier molecular flexibility index (Phi) is 6.00. The molecule has 1 N–H and O–H groups in total. The molecule has 6 heteroatoms. The average molecular weight is 388 g/mol. The Hall–Kier alpha value is -2.69. The molecule has 0 unspecified atom stereocenters. The molecular formula is C20H15Cl2NO3. The number of amides is 1. The number of hydrogen-bond acceptors (Lipinski definition) is 3. The minimum absolute atomic E-state index is 0.178. The van der Waals surface area contributed by atoms with E-state index < -0.39 is 0 Å². The van der Waals surface area contributed by atoms with Crippen molar-refractivity contribution in [1.82, 2.24) is 0 Å². The molecule has 3 aromatic rings. The van der Waals surface area contributed by atoms with Crippen LogP contribution in [0.5, 0.6) is 17.2 Å². The van der Waals surface area contributed by atoms with Crippen molar-refractivity contribution in [3.63, 3.8) is 0 Å². The van der Waals surface area contributed by atoms with E-state index >= 15 is 0 Å². The van der Waals surface area contributed by atoms with E-state index in [9.17, 15) is 4.79 Å². The van der Waals surface area contributed by atoms with Crippen molar-refractivity contribution in [3.05, 3.63) is 82.8 Å². The van der Waals surface area contributed by atoms with Gasteiger partial charge in [-0.3, -0.25) is 4.79 Å². The number of anilines is 1. The Bertz CT molecular complexity index is 883. The number of benzene rings is 3. The van der Waals surface area contributed by atoms with E-state index in [4.69, 9.17) is 32.7 Å². The van der Waals surface area contributed by atoms with Crippen LogP contribution in [0.2, 0.25) is 10.0 Å². The van der Waals surface area contributed by atoms with Crippen LogP contribution in [0, 0.1) is 0 Å². The van der Waals surface area contributed by atoms with Gasteiger partial charge in [-0.05, 0) is 48.5 Å². The first-order valence-electron chi connectivity index (χ1n) is 7.81. The van der Waals surface area contributed by atoms with Crippen LogP contribution in [0.4, 0.5) is 5.69 Å². The number of carbonyl (C=O) groups excluding carboxylic acids is 1. The number of hydrogen-bond donors (Lipinski definition) is 1. The van der Waals surface area contributed by atoms with Gasteiger partial charge < -0.3 is 14.8 Å². The monoisotopic (exact) mass is 387 g/mol. The van der Waals surface area contributed by atoms with Crippen LogP contribution in [0.15, 0.2) is 72.8 Å². The van der Waals surface area contributed by atoms with E-state index in [2.05, 4.69) is 5.32 Å². The highest BCUT2D eigenvalue weighted by molar-refractivity contribution is 6.42. The van der Waals surface area contributed by atoms with Crippen molar-refractivity contribution >= 4 is 34.8 Å². The summed E-state index contributed by atoms with van der Waals surface area (Å²) < 4.78 is 11.1. The van der Waals surface area contributed by atoms with Crippen molar-refractivity contribution < 1.29 is 14.3 Å². The molecule has 3 aromatic carbocycles. The number of nitrogens with one attached hydrogen (secondary N) is 1. The zero-order chi connectivity index (χ0) is 18.4. The summed E-state index contributed by atoms with van der Waals surface area (Å²) in [4.78, 5) is 12.0. The lowest BCUT2D eigenvalue weighted by Gasteiger charge is -2.10. The van der Waals surface area contributed by atoms with E-state index in [1.807, 2.05) is 30.3 Å². The minimum Gasteiger partial charge on any atom is -0.482 e. The Morgan fingerprint density at radius 3 is 2.27 bits per heavy atom. The third-order valence-corrected chi connectivity index (χ3v) is 4.19. The van der Waals surface area contributed by atoms with E-state index in [0.717, 1.165) is 5.75 Å². The standard InChI is InChI=1S/C20H15Cl2NO3/c21-17-7-4-8-18(20(17)22)25-13-19(24)23-14-9-11-16(12-10-14)26-15-5-2-1-3-6-15/h1-12H,13H2,(H,23,24). The van der Waals surface area contributed by atoms with Gasteiger partial charge in [-0.1, -0.05) is 47.5 Å². The Balaban J connectivity index is 1.53. The van der Waals surface area contributed by atoms with Gasteiger partial charge in [-0.25, -0.2) is 0 Å². The molecule has 0 heterocycles. The number of halogens is 2. The molecule has 0 atom stereocenters. The van der Waals surface area contributed by atoms with Gasteiger partial charge in [0.1, 0.15) is 22.3 Å². The normalized spacial score (nSPS) is 10.2. The third-order valence-electron chi connectivity index (χ3n) is 3.39. The molecule has 3 rings (SSSR count). The van der Waals surface area contributed by atoms with Crippen molar-refractivity contribution in [2.24, 2.45) is 0 Å². The molecule has 0 bridgehead atoms. The second-order valence-electron chi connectivity index (χ2n) is 5.33. The quantitative estimate of drug-likeness (QED) is 0.580. The van der Waals surface area contributed by atoms with Gasteiger partial charge in [0, 0.05) is 5.69 Å². The molecule has 0 saturated heterocycles. The molecule has 26 heavy (non-hydrogen) atoms. The van der Waals surface area contributed by atoms with Gasteiger partial charge in [0.25, 0.3) is 5.91 Å². The summed E-state index contributed by atoms with van der Waals surface area (Å²) in [6.07, 6.45) is 0. The van der Waals surface area contributed by atoms with Gasteiger partial charge in [-0.2, -0.15) is 0 Å². The van der Waals surface area contributed by atoms with Crippen molar-refractivity contribution in [1.29, 1.82) is 0 Å². The second kappa shape index (κ2) is 8.61. The fourth-order valence-corrected chi connectivity index (χ4v) is 2.51. The molecular weight excluding hydrogens is 373 g/mol. The van der Waals surface area contributed by atoms with Gasteiger partial charge in [0.15, 0.2) is 6.61 Å². The fraction of sp³-hybridized carbons (Fsp3) is 0.0500. The van der Waals surface area contributed by atoms with Crippen LogP contribution in [0.3, 0.4) is 0 Å². The van der Waals surface area contributed by atoms with Crippen LogP contribution in [0.1, 0.15) is 0 Å². The number of ether oxygens (including phenoxy) is 2. The van der Waals surface area contributed by atoms with E-state index in [1.165, 1.54) is 0 Å². The van der Waals surface area contributed by atoms with Crippen molar-refractivity contribution in [2.45, 2.75) is 0 Å². The van der Waals surface area contributed by atoms with Crippen LogP contribution in [-0.4, -0.2) is 12.5 Å². The first-order valence-corrected chi connectivity index (χ1v) is 8.57. The Morgan fingerprint density at radius 1 is 0.846 bits per heavy atom. The maximum Gasteiger partial charge on any atom is 0.262 e. The Morgan fingerprint density at radius 2 is 1.54 bits per heavy atom. The van der Waals surface area contributed by atoms with Crippen LogP contribution < -0.4 is 14.8 Å². The second-order valence-corrected chi connectivity index (χ2v) is 6.11. The maximum atomic E-state index is 12.0. The molecule has 0 aliphatic carbocycles. The average Bonchev–Trinajstić information content (AvgIpc) is 2.65. The molecule has 4 nitrogen and oxygen atoms in total. The predicted octanol–water partition coefficient (Wildman–Crippen LogP) is 5.80. The molecule has 0 saturated carbocycles. The SMILES string of the molecule is O=C(COc1cccc(Cl)c1Cl)Nc1ccc(Oc2ccccc2)cc1. The smallest absolute Gasteiger partial charge is 0.262 e. The fourth-order valence-electron chi connectivity index (χ4n) is 2.17. The summed E-state index contributed by atoms with van der Waals surface area (Å²) in [5, 5.41) is 3.40. The highest BCUT2D eigenvalue weighted by atomic mass is 35.5. The van der Waals surface area contributed by atoms with Crippen molar-refractivity contribution in [3.8, 4) is 17.2 Å². The number of rotatable bonds is 6. The molecule has 0 aliphatic heterocycles. The lowest BCUT2D eigenvalue weighted by Crippen LogP contribution is -2.20. The van der Waals surface area contributed by atoms with E-state index in [1.54, 1.807) is 42.5 Å². The Labute approximate surface area is 161 Å².